The number of anilines is 1. The Morgan fingerprint density at radius 3 is 2.77 bits per heavy atom. The van der Waals surface area contributed by atoms with E-state index in [2.05, 4.69) is 25.7 Å². The van der Waals surface area contributed by atoms with E-state index in [4.69, 9.17) is 0 Å². The molecule has 4 aromatic rings. The normalized spacial score (nSPS) is 10.6. The maximum atomic E-state index is 13.7. The minimum atomic E-state index is -0.621. The lowest BCUT2D eigenvalue weighted by Gasteiger charge is -2.05. The number of pyridine rings is 1. The van der Waals surface area contributed by atoms with Gasteiger partial charge >= 0.3 is 0 Å². The lowest BCUT2D eigenvalue weighted by Crippen LogP contribution is -2.33. The van der Waals surface area contributed by atoms with Gasteiger partial charge in [-0.2, -0.15) is 0 Å². The molecule has 0 saturated carbocycles. The maximum Gasteiger partial charge on any atom is 0.291 e. The smallest absolute Gasteiger partial charge is 0.291 e. The van der Waals surface area contributed by atoms with Crippen LogP contribution in [0, 0.1) is 5.82 Å². The van der Waals surface area contributed by atoms with Gasteiger partial charge in [0.1, 0.15) is 5.82 Å². The van der Waals surface area contributed by atoms with Crippen LogP contribution in [0.1, 0.15) is 10.6 Å². The Morgan fingerprint density at radius 1 is 1.13 bits per heavy atom. The van der Waals surface area contributed by atoms with Gasteiger partial charge in [-0.05, 0) is 41.8 Å². The van der Waals surface area contributed by atoms with Crippen LogP contribution in [0.25, 0.3) is 16.4 Å². The number of nitrogens with one attached hydrogen (secondary N) is 2. The summed E-state index contributed by atoms with van der Waals surface area (Å²) in [6.07, 6.45) is 3.08. The Kier molecular flexibility index (Phi) is 5.57. The van der Waals surface area contributed by atoms with Crippen molar-refractivity contribution in [1.82, 2.24) is 25.1 Å². The number of carbonyl (C=O) groups excluding carboxylic acids is 2. The maximum absolute atomic E-state index is 13.7. The Hall–Kier alpha value is -3.92. The highest BCUT2D eigenvalue weighted by Crippen LogP contribution is 2.25. The van der Waals surface area contributed by atoms with Crippen molar-refractivity contribution in [3.8, 4) is 16.4 Å². The molecule has 0 radical (unpaired) electrons. The largest absolute Gasteiger partial charge is 0.340 e. The lowest BCUT2D eigenvalue weighted by atomic mass is 10.3. The molecule has 2 amide bonds. The minimum Gasteiger partial charge on any atom is -0.340 e. The van der Waals surface area contributed by atoms with Crippen molar-refractivity contribution in [2.75, 3.05) is 11.9 Å². The molecule has 10 heteroatoms. The van der Waals surface area contributed by atoms with Gasteiger partial charge in [-0.15, -0.1) is 16.4 Å². The Bertz CT molecular complexity index is 1180. The number of rotatable bonds is 6. The molecule has 0 aliphatic carbocycles. The molecule has 0 bridgehead atoms. The first-order chi connectivity index (χ1) is 14.6. The van der Waals surface area contributed by atoms with E-state index in [9.17, 15) is 14.0 Å². The third kappa shape index (κ3) is 4.39. The predicted octanol–water partition coefficient (Wildman–Crippen LogP) is 2.90. The second-order valence-corrected chi connectivity index (χ2v) is 7.05. The van der Waals surface area contributed by atoms with Gasteiger partial charge in [0.25, 0.3) is 5.91 Å². The average Bonchev–Trinajstić information content (AvgIpc) is 3.42. The van der Waals surface area contributed by atoms with E-state index in [0.717, 1.165) is 4.88 Å². The number of carbonyl (C=O) groups is 2. The topological polar surface area (TPSA) is 102 Å². The summed E-state index contributed by atoms with van der Waals surface area (Å²) >= 11 is 1.41. The Morgan fingerprint density at radius 2 is 2.03 bits per heavy atom. The molecular weight excluding hydrogens is 407 g/mol. The summed E-state index contributed by atoms with van der Waals surface area (Å²) < 4.78 is 15.1. The second-order valence-electron chi connectivity index (χ2n) is 6.10. The fraction of sp³-hybridized carbons (Fsp3) is 0.0500. The zero-order valence-electron chi connectivity index (χ0n) is 15.4. The van der Waals surface area contributed by atoms with Gasteiger partial charge in [0.05, 0.1) is 29.0 Å². The molecule has 3 aromatic heterocycles. The number of amides is 2. The molecule has 0 fully saturated rings. The van der Waals surface area contributed by atoms with E-state index in [0.29, 0.717) is 17.2 Å². The molecule has 150 valence electrons. The predicted molar refractivity (Wildman–Crippen MR) is 110 cm³/mol. The molecule has 3 heterocycles. The molecule has 0 saturated heterocycles. The van der Waals surface area contributed by atoms with Crippen LogP contribution >= 0.6 is 11.3 Å². The van der Waals surface area contributed by atoms with Gasteiger partial charge in [0, 0.05) is 6.20 Å². The molecule has 0 unspecified atom stereocenters. The highest BCUT2D eigenvalue weighted by atomic mass is 32.1. The van der Waals surface area contributed by atoms with Crippen LogP contribution in [-0.4, -0.2) is 38.1 Å². The van der Waals surface area contributed by atoms with Crippen molar-refractivity contribution in [2.45, 2.75) is 0 Å². The summed E-state index contributed by atoms with van der Waals surface area (Å²) in [5, 5.41) is 11.2. The Balaban J connectivity index is 1.53. The van der Waals surface area contributed by atoms with Crippen molar-refractivity contribution in [1.29, 1.82) is 0 Å². The second kappa shape index (κ2) is 8.62. The first kappa shape index (κ1) is 19.4. The zero-order chi connectivity index (χ0) is 20.9. The standard InChI is InChI=1S/C20H15FN6O2S/c21-13-4-1-6-15(10-13)27-19(16-7-3-9-30-16)25-18(26-27)20(29)23-12-17(28)24-14-5-2-8-22-11-14/h1-11H,12H2,(H,23,29)(H,24,28). The number of thiophene rings is 1. The van der Waals surface area contributed by atoms with Crippen molar-refractivity contribution in [3.05, 3.63) is 77.9 Å². The van der Waals surface area contributed by atoms with Crippen LogP contribution in [0.3, 0.4) is 0 Å². The molecule has 4 rings (SSSR count). The van der Waals surface area contributed by atoms with Gasteiger partial charge in [0.2, 0.25) is 11.7 Å². The average molecular weight is 422 g/mol. The van der Waals surface area contributed by atoms with E-state index >= 15 is 0 Å². The molecule has 0 aliphatic rings. The van der Waals surface area contributed by atoms with E-state index in [1.54, 1.807) is 30.5 Å². The molecule has 0 aliphatic heterocycles. The van der Waals surface area contributed by atoms with E-state index in [1.165, 1.54) is 34.3 Å². The van der Waals surface area contributed by atoms with Gasteiger partial charge in [-0.3, -0.25) is 14.6 Å². The number of nitrogens with zero attached hydrogens (tertiary/aromatic N) is 4. The molecule has 1 aromatic carbocycles. The van der Waals surface area contributed by atoms with Crippen LogP contribution in [-0.2, 0) is 4.79 Å². The molecule has 0 spiro atoms. The van der Waals surface area contributed by atoms with Crippen molar-refractivity contribution in [3.63, 3.8) is 0 Å². The number of aromatic nitrogens is 4. The van der Waals surface area contributed by atoms with Crippen LogP contribution in [0.2, 0.25) is 0 Å². The summed E-state index contributed by atoms with van der Waals surface area (Å²) in [5.41, 5.74) is 0.949. The molecule has 2 N–H and O–H groups in total. The van der Waals surface area contributed by atoms with E-state index < -0.39 is 17.6 Å². The van der Waals surface area contributed by atoms with Gasteiger partial charge < -0.3 is 10.6 Å². The minimum absolute atomic E-state index is 0.128. The van der Waals surface area contributed by atoms with E-state index in [-0.39, 0.29) is 12.4 Å². The fourth-order valence-electron chi connectivity index (χ4n) is 2.64. The lowest BCUT2D eigenvalue weighted by molar-refractivity contribution is -0.115. The van der Waals surface area contributed by atoms with Crippen molar-refractivity contribution in [2.24, 2.45) is 0 Å². The number of halogens is 1. The van der Waals surface area contributed by atoms with Gasteiger partial charge in [0.15, 0.2) is 5.82 Å². The van der Waals surface area contributed by atoms with Gasteiger partial charge in [-0.25, -0.2) is 14.1 Å². The van der Waals surface area contributed by atoms with Crippen molar-refractivity contribution < 1.29 is 14.0 Å². The quantitative estimate of drug-likeness (QED) is 0.498. The number of hydrogen-bond donors (Lipinski definition) is 2. The highest BCUT2D eigenvalue weighted by molar-refractivity contribution is 7.13. The van der Waals surface area contributed by atoms with Crippen molar-refractivity contribution >= 4 is 28.8 Å². The summed E-state index contributed by atoms with van der Waals surface area (Å²) in [7, 11) is 0. The van der Waals surface area contributed by atoms with Gasteiger partial charge in [-0.1, -0.05) is 12.1 Å². The summed E-state index contributed by atoms with van der Waals surface area (Å²) in [6.45, 7) is -0.267. The zero-order valence-corrected chi connectivity index (χ0v) is 16.3. The molecule has 0 atom stereocenters. The molecule has 8 nitrogen and oxygen atoms in total. The molecular formula is C20H15FN6O2S. The number of hydrogen-bond acceptors (Lipinski definition) is 6. The van der Waals surface area contributed by atoms with Crippen LogP contribution in [0.5, 0.6) is 0 Å². The van der Waals surface area contributed by atoms with E-state index in [1.807, 2.05) is 17.5 Å². The third-order valence-electron chi connectivity index (χ3n) is 3.96. The number of benzene rings is 1. The SMILES string of the molecule is O=C(CNC(=O)c1nc(-c2cccs2)n(-c2cccc(F)c2)n1)Nc1cccnc1. The Labute approximate surface area is 174 Å². The van der Waals surface area contributed by atoms with Crippen LogP contribution < -0.4 is 10.6 Å². The monoisotopic (exact) mass is 422 g/mol. The fourth-order valence-corrected chi connectivity index (χ4v) is 3.34. The first-order valence-electron chi connectivity index (χ1n) is 8.85. The summed E-state index contributed by atoms with van der Waals surface area (Å²) in [5.74, 6) is -1.20. The third-order valence-corrected chi connectivity index (χ3v) is 4.83. The summed E-state index contributed by atoms with van der Waals surface area (Å²) in [4.78, 5) is 33.5. The first-order valence-corrected chi connectivity index (χ1v) is 9.73. The highest BCUT2D eigenvalue weighted by Gasteiger charge is 2.20. The van der Waals surface area contributed by atoms with Crippen LogP contribution in [0.4, 0.5) is 10.1 Å². The molecule has 30 heavy (non-hydrogen) atoms. The summed E-state index contributed by atoms with van der Waals surface area (Å²) in [6, 6.07) is 12.9. The van der Waals surface area contributed by atoms with Crippen LogP contribution in [0.15, 0.2) is 66.3 Å².